The van der Waals surface area contributed by atoms with Crippen LogP contribution in [0.4, 0.5) is 0 Å². The Morgan fingerprint density at radius 3 is 2.69 bits per heavy atom. The molecule has 0 bridgehead atoms. The number of methoxy groups -OCH3 is 2. The third-order valence-electron chi connectivity index (χ3n) is 5.44. The van der Waals surface area contributed by atoms with Crippen LogP contribution in [-0.4, -0.2) is 56.4 Å². The highest BCUT2D eigenvalue weighted by Crippen LogP contribution is 2.32. The van der Waals surface area contributed by atoms with Gasteiger partial charge in [-0.05, 0) is 48.1 Å². The fourth-order valence-corrected chi connectivity index (χ4v) is 6.23. The minimum absolute atomic E-state index is 0.0490. The van der Waals surface area contributed by atoms with Crippen molar-refractivity contribution in [1.29, 1.82) is 0 Å². The molecule has 1 fully saturated rings. The molecule has 0 radical (unpaired) electrons. The molecule has 3 aromatic rings. The SMILES string of the molecule is COc1ccc(CCNC(=O)c2cc(-c3cccs3)n([C@@H]3CCS(=O)(=O)C3)n2)cc1OC. The lowest BCUT2D eigenvalue weighted by atomic mass is 10.1. The summed E-state index contributed by atoms with van der Waals surface area (Å²) in [6.07, 6.45) is 1.12. The van der Waals surface area contributed by atoms with Crippen molar-refractivity contribution in [3.8, 4) is 22.1 Å². The van der Waals surface area contributed by atoms with Gasteiger partial charge in [0.1, 0.15) is 0 Å². The van der Waals surface area contributed by atoms with E-state index < -0.39 is 9.84 Å². The van der Waals surface area contributed by atoms with Crippen LogP contribution in [0.1, 0.15) is 28.5 Å². The molecule has 1 aliphatic rings. The second-order valence-corrected chi connectivity index (χ2v) is 10.8. The second-order valence-electron chi connectivity index (χ2n) is 7.59. The topological polar surface area (TPSA) is 99.5 Å². The molecule has 1 amide bonds. The molecule has 1 N–H and O–H groups in total. The second kappa shape index (κ2) is 9.33. The Morgan fingerprint density at radius 1 is 1.22 bits per heavy atom. The predicted octanol–water partition coefficient (Wildman–Crippen LogP) is 2.96. The monoisotopic (exact) mass is 475 g/mol. The van der Waals surface area contributed by atoms with E-state index in [0.29, 0.717) is 30.9 Å². The fraction of sp³-hybridized carbons (Fsp3) is 0.364. The summed E-state index contributed by atoms with van der Waals surface area (Å²) in [5.41, 5.74) is 2.06. The van der Waals surface area contributed by atoms with Gasteiger partial charge < -0.3 is 14.8 Å². The van der Waals surface area contributed by atoms with Gasteiger partial charge in [0.25, 0.3) is 5.91 Å². The van der Waals surface area contributed by atoms with Crippen LogP contribution in [-0.2, 0) is 16.3 Å². The van der Waals surface area contributed by atoms with Crippen molar-refractivity contribution in [1.82, 2.24) is 15.1 Å². The molecular weight excluding hydrogens is 450 g/mol. The van der Waals surface area contributed by atoms with E-state index >= 15 is 0 Å². The van der Waals surface area contributed by atoms with E-state index in [1.54, 1.807) is 25.0 Å². The molecule has 0 aliphatic carbocycles. The molecule has 32 heavy (non-hydrogen) atoms. The van der Waals surface area contributed by atoms with Crippen LogP contribution in [0.5, 0.6) is 11.5 Å². The number of carbonyl (C=O) groups is 1. The van der Waals surface area contributed by atoms with Gasteiger partial charge >= 0.3 is 0 Å². The molecule has 0 unspecified atom stereocenters. The quantitative estimate of drug-likeness (QED) is 0.538. The van der Waals surface area contributed by atoms with Crippen molar-refractivity contribution in [2.75, 3.05) is 32.3 Å². The van der Waals surface area contributed by atoms with Gasteiger partial charge in [0.05, 0.1) is 42.3 Å². The summed E-state index contributed by atoms with van der Waals surface area (Å²) in [7, 11) is 0.0965. The number of hydrogen-bond acceptors (Lipinski definition) is 7. The zero-order chi connectivity index (χ0) is 22.7. The van der Waals surface area contributed by atoms with E-state index in [-0.39, 0.29) is 29.1 Å². The summed E-state index contributed by atoms with van der Waals surface area (Å²) in [5, 5.41) is 9.35. The maximum Gasteiger partial charge on any atom is 0.271 e. The van der Waals surface area contributed by atoms with Crippen LogP contribution < -0.4 is 14.8 Å². The first-order valence-corrected chi connectivity index (χ1v) is 12.9. The lowest BCUT2D eigenvalue weighted by Gasteiger charge is -2.12. The lowest BCUT2D eigenvalue weighted by molar-refractivity contribution is 0.0948. The van der Waals surface area contributed by atoms with Gasteiger partial charge in [-0.1, -0.05) is 12.1 Å². The molecule has 1 atom stereocenters. The largest absolute Gasteiger partial charge is 0.493 e. The number of hydrogen-bond donors (Lipinski definition) is 1. The average molecular weight is 476 g/mol. The van der Waals surface area contributed by atoms with Gasteiger partial charge in [0.15, 0.2) is 27.0 Å². The Morgan fingerprint density at radius 2 is 2.03 bits per heavy atom. The Kier molecular flexibility index (Phi) is 6.52. The first kappa shape index (κ1) is 22.3. The summed E-state index contributed by atoms with van der Waals surface area (Å²) >= 11 is 1.53. The van der Waals surface area contributed by atoms with E-state index in [1.807, 2.05) is 35.7 Å². The van der Waals surface area contributed by atoms with Crippen LogP contribution in [0.3, 0.4) is 0 Å². The highest BCUT2D eigenvalue weighted by molar-refractivity contribution is 7.91. The van der Waals surface area contributed by atoms with Gasteiger partial charge in [0.2, 0.25) is 0 Å². The number of rotatable bonds is 8. The summed E-state index contributed by atoms with van der Waals surface area (Å²) in [6.45, 7) is 0.424. The molecule has 8 nitrogen and oxygen atoms in total. The molecule has 1 saturated heterocycles. The van der Waals surface area contributed by atoms with Crippen LogP contribution in [0.25, 0.3) is 10.6 Å². The Balaban J connectivity index is 1.47. The third-order valence-corrected chi connectivity index (χ3v) is 8.09. The number of sulfone groups is 1. The normalized spacial score (nSPS) is 17.2. The van der Waals surface area contributed by atoms with Gasteiger partial charge in [-0.3, -0.25) is 9.48 Å². The number of carbonyl (C=O) groups excluding carboxylic acids is 1. The number of amides is 1. The highest BCUT2D eigenvalue weighted by atomic mass is 32.2. The zero-order valence-electron chi connectivity index (χ0n) is 17.9. The van der Waals surface area contributed by atoms with E-state index in [9.17, 15) is 13.2 Å². The molecule has 0 spiro atoms. The van der Waals surface area contributed by atoms with E-state index in [2.05, 4.69) is 10.4 Å². The van der Waals surface area contributed by atoms with Gasteiger partial charge in [0, 0.05) is 6.54 Å². The standard InChI is InChI=1S/C22H25N3O5S2/c1-29-19-6-5-15(12-20(19)30-2)7-9-23-22(26)17-13-18(21-4-3-10-31-21)25(24-17)16-8-11-32(27,28)14-16/h3-6,10,12-13,16H,7-9,11,14H2,1-2H3,(H,23,26)/t16-/m1/s1. The Hall–Kier alpha value is -2.85. The maximum atomic E-state index is 12.8. The number of nitrogens with zero attached hydrogens (tertiary/aromatic N) is 2. The number of benzene rings is 1. The van der Waals surface area contributed by atoms with E-state index in [4.69, 9.17) is 9.47 Å². The van der Waals surface area contributed by atoms with Crippen LogP contribution in [0, 0.1) is 0 Å². The third kappa shape index (κ3) is 4.81. The number of thiophene rings is 1. The Labute approximate surface area is 191 Å². The summed E-state index contributed by atoms with van der Waals surface area (Å²) in [4.78, 5) is 13.7. The molecular formula is C22H25N3O5S2. The number of nitrogens with one attached hydrogen (secondary N) is 1. The Bertz CT molecular complexity index is 1200. The first-order chi connectivity index (χ1) is 15.4. The molecule has 0 saturated carbocycles. The lowest BCUT2D eigenvalue weighted by Crippen LogP contribution is -2.26. The smallest absolute Gasteiger partial charge is 0.271 e. The van der Waals surface area contributed by atoms with Crippen molar-refractivity contribution >= 4 is 27.1 Å². The van der Waals surface area contributed by atoms with Crippen molar-refractivity contribution < 1.29 is 22.7 Å². The van der Waals surface area contributed by atoms with Crippen LogP contribution in [0.15, 0.2) is 41.8 Å². The average Bonchev–Trinajstić information content (AvgIpc) is 3.52. The molecule has 4 rings (SSSR count). The van der Waals surface area contributed by atoms with Crippen molar-refractivity contribution in [3.63, 3.8) is 0 Å². The van der Waals surface area contributed by atoms with Crippen molar-refractivity contribution in [2.24, 2.45) is 0 Å². The summed E-state index contributed by atoms with van der Waals surface area (Å²) in [6, 6.07) is 11.0. The summed E-state index contributed by atoms with van der Waals surface area (Å²) < 4.78 is 36.2. The molecule has 10 heteroatoms. The van der Waals surface area contributed by atoms with Crippen molar-refractivity contribution in [3.05, 3.63) is 53.0 Å². The predicted molar refractivity (Wildman–Crippen MR) is 123 cm³/mol. The zero-order valence-corrected chi connectivity index (χ0v) is 19.5. The summed E-state index contributed by atoms with van der Waals surface area (Å²) in [5.74, 6) is 1.20. The van der Waals surface area contributed by atoms with Gasteiger partial charge in [-0.25, -0.2) is 8.42 Å². The number of aromatic nitrogens is 2. The van der Waals surface area contributed by atoms with Gasteiger partial charge in [-0.15, -0.1) is 11.3 Å². The molecule has 1 aromatic carbocycles. The van der Waals surface area contributed by atoms with Crippen molar-refractivity contribution in [2.45, 2.75) is 18.9 Å². The maximum absolute atomic E-state index is 12.8. The van der Waals surface area contributed by atoms with Gasteiger partial charge in [-0.2, -0.15) is 5.10 Å². The minimum Gasteiger partial charge on any atom is -0.493 e. The molecule has 3 heterocycles. The molecule has 1 aliphatic heterocycles. The molecule has 2 aromatic heterocycles. The fourth-order valence-electron chi connectivity index (χ4n) is 3.81. The first-order valence-electron chi connectivity index (χ1n) is 10.2. The van der Waals surface area contributed by atoms with Crippen LogP contribution in [0.2, 0.25) is 0 Å². The van der Waals surface area contributed by atoms with E-state index in [0.717, 1.165) is 16.1 Å². The molecule has 170 valence electrons. The van der Waals surface area contributed by atoms with E-state index in [1.165, 1.54) is 11.3 Å². The minimum atomic E-state index is -3.07. The number of ether oxygens (including phenoxy) is 2. The highest BCUT2D eigenvalue weighted by Gasteiger charge is 2.32. The van der Waals surface area contributed by atoms with Crippen LogP contribution >= 0.6 is 11.3 Å².